The largest absolute Gasteiger partial charge is 0.466 e. The molecule has 0 aliphatic rings. The summed E-state index contributed by atoms with van der Waals surface area (Å²) in [5.41, 5.74) is 0.949. The summed E-state index contributed by atoms with van der Waals surface area (Å²) >= 11 is 0. The summed E-state index contributed by atoms with van der Waals surface area (Å²) in [5.74, 6) is -1.45. The second kappa shape index (κ2) is 8.30. The Bertz CT molecular complexity index is 648. The molecule has 0 aliphatic carbocycles. The van der Waals surface area contributed by atoms with E-state index in [9.17, 15) is 18.0 Å². The third-order valence-corrected chi connectivity index (χ3v) is 4.00. The second-order valence-electron chi connectivity index (χ2n) is 4.23. The minimum atomic E-state index is -3.64. The van der Waals surface area contributed by atoms with Crippen LogP contribution in [0.4, 0.5) is 0 Å². The molecule has 0 heterocycles. The van der Waals surface area contributed by atoms with Crippen LogP contribution in [0.5, 0.6) is 0 Å². The Labute approximate surface area is 129 Å². The first-order valence-corrected chi connectivity index (χ1v) is 7.82. The number of methoxy groups -OCH3 is 1. The Kier molecular flexibility index (Phi) is 6.74. The van der Waals surface area contributed by atoms with Crippen molar-refractivity contribution in [1.82, 2.24) is 4.72 Å². The van der Waals surface area contributed by atoms with E-state index < -0.39 is 22.0 Å². The Balaban J connectivity index is 2.40. The summed E-state index contributed by atoms with van der Waals surface area (Å²) < 4.78 is 35.2. The van der Waals surface area contributed by atoms with Crippen molar-refractivity contribution in [3.05, 3.63) is 42.0 Å². The number of sulfonamides is 1. The molecule has 1 N–H and O–H groups in total. The molecule has 0 radical (unpaired) electrons. The van der Waals surface area contributed by atoms with Crippen LogP contribution in [0.1, 0.15) is 5.56 Å². The van der Waals surface area contributed by atoms with Gasteiger partial charge in [0.15, 0.2) is 0 Å². The molecule has 0 bridgehead atoms. The molecule has 7 nitrogen and oxygen atoms in total. The highest BCUT2D eigenvalue weighted by molar-refractivity contribution is 7.89. The maximum Gasteiger partial charge on any atom is 0.331 e. The van der Waals surface area contributed by atoms with E-state index in [4.69, 9.17) is 4.74 Å². The predicted molar refractivity (Wildman–Crippen MR) is 78.5 cm³/mol. The van der Waals surface area contributed by atoms with Crippen molar-refractivity contribution in [3.8, 4) is 0 Å². The number of esters is 2. The molecule has 0 saturated heterocycles. The molecule has 1 aromatic rings. The highest BCUT2D eigenvalue weighted by Gasteiger charge is 2.12. The molecule has 120 valence electrons. The highest BCUT2D eigenvalue weighted by Crippen LogP contribution is 2.09. The first-order valence-electron chi connectivity index (χ1n) is 6.34. The van der Waals surface area contributed by atoms with Crippen LogP contribution < -0.4 is 4.72 Å². The molecule has 8 heteroatoms. The van der Waals surface area contributed by atoms with Crippen molar-refractivity contribution in [2.45, 2.75) is 11.8 Å². The van der Waals surface area contributed by atoms with E-state index in [1.165, 1.54) is 19.2 Å². The van der Waals surface area contributed by atoms with E-state index in [0.29, 0.717) is 0 Å². The zero-order chi connectivity index (χ0) is 16.6. The molecule has 0 fully saturated rings. The number of carbonyl (C=O) groups excluding carboxylic acids is 2. The zero-order valence-electron chi connectivity index (χ0n) is 12.2. The summed E-state index contributed by atoms with van der Waals surface area (Å²) in [7, 11) is -2.46. The Morgan fingerprint density at radius 3 is 2.32 bits per heavy atom. The summed E-state index contributed by atoms with van der Waals surface area (Å²) in [6, 6.07) is 6.35. The molecular weight excluding hydrogens is 310 g/mol. The molecule has 1 aromatic carbocycles. The van der Waals surface area contributed by atoms with Crippen molar-refractivity contribution in [1.29, 1.82) is 0 Å². The van der Waals surface area contributed by atoms with E-state index in [1.807, 2.05) is 6.92 Å². The number of nitrogens with one attached hydrogen (secondary N) is 1. The maximum atomic E-state index is 11.9. The third-order valence-electron chi connectivity index (χ3n) is 2.53. The van der Waals surface area contributed by atoms with Crippen LogP contribution in [0.25, 0.3) is 0 Å². The van der Waals surface area contributed by atoms with Gasteiger partial charge in [0, 0.05) is 18.7 Å². The monoisotopic (exact) mass is 327 g/mol. The summed E-state index contributed by atoms with van der Waals surface area (Å²) in [6.07, 6.45) is 1.82. The smallest absolute Gasteiger partial charge is 0.331 e. The molecule has 22 heavy (non-hydrogen) atoms. The minimum Gasteiger partial charge on any atom is -0.466 e. The molecule has 0 aliphatic heterocycles. The van der Waals surface area contributed by atoms with Gasteiger partial charge in [-0.3, -0.25) is 0 Å². The van der Waals surface area contributed by atoms with Gasteiger partial charge in [0.05, 0.1) is 12.0 Å². The van der Waals surface area contributed by atoms with Gasteiger partial charge in [-0.05, 0) is 19.1 Å². The lowest BCUT2D eigenvalue weighted by molar-refractivity contribution is -0.139. The van der Waals surface area contributed by atoms with Gasteiger partial charge in [-0.1, -0.05) is 17.7 Å². The number of carbonyl (C=O) groups is 2. The number of benzene rings is 1. The third kappa shape index (κ3) is 6.06. The van der Waals surface area contributed by atoms with Crippen LogP contribution in [-0.4, -0.2) is 40.6 Å². The van der Waals surface area contributed by atoms with Gasteiger partial charge in [0.2, 0.25) is 10.0 Å². The van der Waals surface area contributed by atoms with Gasteiger partial charge in [0.1, 0.15) is 6.61 Å². The lowest BCUT2D eigenvalue weighted by atomic mass is 10.2. The fourth-order valence-electron chi connectivity index (χ4n) is 1.38. The lowest BCUT2D eigenvalue weighted by Gasteiger charge is -2.07. The van der Waals surface area contributed by atoms with Crippen LogP contribution in [0.2, 0.25) is 0 Å². The first-order chi connectivity index (χ1) is 10.3. The van der Waals surface area contributed by atoms with Gasteiger partial charge in [-0.2, -0.15) is 0 Å². The Morgan fingerprint density at radius 1 is 1.14 bits per heavy atom. The fraction of sp³-hybridized carbons (Fsp3) is 0.286. The fourth-order valence-corrected chi connectivity index (χ4v) is 2.39. The van der Waals surface area contributed by atoms with Crippen molar-refractivity contribution in [2.75, 3.05) is 20.3 Å². The normalized spacial score (nSPS) is 11.4. The SMILES string of the molecule is COC(=O)C=CC(=O)OCCNS(=O)(=O)c1ccc(C)cc1. The topological polar surface area (TPSA) is 98.8 Å². The van der Waals surface area contributed by atoms with Gasteiger partial charge in [-0.15, -0.1) is 0 Å². The Hall–Kier alpha value is -2.19. The van der Waals surface area contributed by atoms with E-state index in [2.05, 4.69) is 9.46 Å². The van der Waals surface area contributed by atoms with Gasteiger partial charge < -0.3 is 9.47 Å². The van der Waals surface area contributed by atoms with Gasteiger partial charge in [0.25, 0.3) is 0 Å². The summed E-state index contributed by atoms with van der Waals surface area (Å²) in [5, 5.41) is 0. The van der Waals surface area contributed by atoms with Gasteiger partial charge in [-0.25, -0.2) is 22.7 Å². The number of hydrogen-bond donors (Lipinski definition) is 1. The second-order valence-corrected chi connectivity index (χ2v) is 6.00. The molecule has 0 spiro atoms. The van der Waals surface area contributed by atoms with E-state index in [0.717, 1.165) is 17.7 Å². The van der Waals surface area contributed by atoms with Crippen molar-refractivity contribution in [3.63, 3.8) is 0 Å². The summed E-state index contributed by atoms with van der Waals surface area (Å²) in [6.45, 7) is 1.62. The molecule has 1 rings (SSSR count). The van der Waals surface area contributed by atoms with Crippen LogP contribution in [0.15, 0.2) is 41.3 Å². The van der Waals surface area contributed by atoms with Crippen LogP contribution >= 0.6 is 0 Å². The molecule has 0 aromatic heterocycles. The molecule has 0 amide bonds. The van der Waals surface area contributed by atoms with Crippen LogP contribution in [0.3, 0.4) is 0 Å². The summed E-state index contributed by atoms with van der Waals surface area (Å²) in [4.78, 5) is 22.1. The number of ether oxygens (including phenoxy) is 2. The quantitative estimate of drug-likeness (QED) is 0.446. The van der Waals surface area contributed by atoms with E-state index in [1.54, 1.807) is 12.1 Å². The van der Waals surface area contributed by atoms with E-state index >= 15 is 0 Å². The maximum absolute atomic E-state index is 11.9. The predicted octanol–water partition coefficient (Wildman–Crippen LogP) is 0.546. The van der Waals surface area contributed by atoms with E-state index in [-0.39, 0.29) is 18.0 Å². The molecule has 0 atom stereocenters. The van der Waals surface area contributed by atoms with Crippen molar-refractivity contribution >= 4 is 22.0 Å². The lowest BCUT2D eigenvalue weighted by Crippen LogP contribution is -2.28. The molecular formula is C14H17NO6S. The van der Waals surface area contributed by atoms with Gasteiger partial charge >= 0.3 is 11.9 Å². The average molecular weight is 327 g/mol. The van der Waals surface area contributed by atoms with Crippen LogP contribution in [-0.2, 0) is 29.1 Å². The first kappa shape index (κ1) is 17.9. The molecule has 0 unspecified atom stereocenters. The van der Waals surface area contributed by atoms with Crippen LogP contribution in [0, 0.1) is 6.92 Å². The zero-order valence-corrected chi connectivity index (χ0v) is 13.1. The number of aryl methyl sites for hydroxylation is 1. The van der Waals surface area contributed by atoms with Crippen molar-refractivity contribution < 1.29 is 27.5 Å². The highest BCUT2D eigenvalue weighted by atomic mass is 32.2. The minimum absolute atomic E-state index is 0.0754. The standard InChI is InChI=1S/C14H17NO6S/c1-11-3-5-12(6-4-11)22(18,19)15-9-10-21-14(17)8-7-13(16)20-2/h3-8,15H,9-10H2,1-2H3. The number of rotatable bonds is 7. The average Bonchev–Trinajstić information content (AvgIpc) is 2.49. The number of hydrogen-bond acceptors (Lipinski definition) is 6. The van der Waals surface area contributed by atoms with Crippen molar-refractivity contribution in [2.24, 2.45) is 0 Å². The Morgan fingerprint density at radius 2 is 1.73 bits per heavy atom. The molecule has 0 saturated carbocycles.